The van der Waals surface area contributed by atoms with E-state index in [1.807, 2.05) is 27.7 Å². The lowest BCUT2D eigenvalue weighted by Gasteiger charge is -2.40. The third kappa shape index (κ3) is 4.60. The Balaban J connectivity index is 2.01. The Hall–Kier alpha value is -2.29. The largest absolute Gasteiger partial charge is 0.444 e. The number of halogens is 1. The van der Waals surface area contributed by atoms with Crippen LogP contribution in [0.3, 0.4) is 0 Å². The van der Waals surface area contributed by atoms with Gasteiger partial charge in [0.15, 0.2) is 0 Å². The topological polar surface area (TPSA) is 65.4 Å². The van der Waals surface area contributed by atoms with Gasteiger partial charge in [-0.2, -0.15) is 5.26 Å². The van der Waals surface area contributed by atoms with E-state index in [1.54, 1.807) is 6.07 Å². The van der Waals surface area contributed by atoms with Gasteiger partial charge in [0.05, 0.1) is 11.3 Å². The highest BCUT2D eigenvalue weighted by Crippen LogP contribution is 2.28. The summed E-state index contributed by atoms with van der Waals surface area (Å²) in [6.07, 6.45) is 1.07. The number of piperidine rings is 1. The first-order valence-corrected chi connectivity index (χ1v) is 8.15. The Labute approximate surface area is 142 Å². The second-order valence-electron chi connectivity index (χ2n) is 7.18. The van der Waals surface area contributed by atoms with Gasteiger partial charge in [-0.25, -0.2) is 9.18 Å². The van der Waals surface area contributed by atoms with Gasteiger partial charge in [0, 0.05) is 18.6 Å². The molecule has 0 aromatic heterocycles. The van der Waals surface area contributed by atoms with Crippen molar-refractivity contribution in [2.45, 2.75) is 58.2 Å². The summed E-state index contributed by atoms with van der Waals surface area (Å²) in [4.78, 5) is 14.0. The summed E-state index contributed by atoms with van der Waals surface area (Å²) in [5, 5.41) is 12.1. The van der Waals surface area contributed by atoms with Crippen LogP contribution in [0.2, 0.25) is 0 Å². The normalized spacial score (nSPS) is 21.1. The van der Waals surface area contributed by atoms with Crippen molar-refractivity contribution < 1.29 is 13.9 Å². The Morgan fingerprint density at radius 3 is 2.75 bits per heavy atom. The van der Waals surface area contributed by atoms with E-state index in [9.17, 15) is 14.4 Å². The predicted molar refractivity (Wildman–Crippen MR) is 90.3 cm³/mol. The van der Waals surface area contributed by atoms with Gasteiger partial charge in [-0.05, 0) is 58.7 Å². The van der Waals surface area contributed by atoms with Crippen LogP contribution in [0.25, 0.3) is 0 Å². The third-order valence-electron chi connectivity index (χ3n) is 3.99. The number of carbonyl (C=O) groups is 1. The molecular formula is C18H24FN3O2. The third-order valence-corrected chi connectivity index (χ3v) is 3.99. The summed E-state index contributed by atoms with van der Waals surface area (Å²) in [6, 6.07) is 6.47. The van der Waals surface area contributed by atoms with Crippen molar-refractivity contribution in [2.75, 3.05) is 11.4 Å². The first-order chi connectivity index (χ1) is 11.2. The molecule has 6 heteroatoms. The SMILES string of the molecule is CC1CC(NC(=O)OC(C)(C)C)CCN1c1ccc(F)cc1C#N. The van der Waals surface area contributed by atoms with Gasteiger partial charge < -0.3 is 15.0 Å². The van der Waals surface area contributed by atoms with E-state index in [2.05, 4.69) is 16.3 Å². The molecular weight excluding hydrogens is 309 g/mol. The fourth-order valence-corrected chi connectivity index (χ4v) is 2.98. The molecule has 0 aliphatic carbocycles. The van der Waals surface area contributed by atoms with Gasteiger partial charge in [0.1, 0.15) is 17.5 Å². The summed E-state index contributed by atoms with van der Waals surface area (Å²) >= 11 is 0. The second kappa shape index (κ2) is 7.08. The molecule has 2 atom stereocenters. The molecule has 1 fully saturated rings. The zero-order valence-electron chi connectivity index (χ0n) is 14.6. The van der Waals surface area contributed by atoms with Crippen LogP contribution in [-0.4, -0.2) is 30.3 Å². The number of ether oxygens (including phenoxy) is 1. The van der Waals surface area contributed by atoms with E-state index in [0.717, 1.165) is 18.5 Å². The smallest absolute Gasteiger partial charge is 0.407 e. The lowest BCUT2D eigenvalue weighted by Crippen LogP contribution is -2.50. The highest BCUT2D eigenvalue weighted by molar-refractivity contribution is 5.68. The predicted octanol–water partition coefficient (Wildman–Crippen LogP) is 3.58. The molecule has 1 aromatic carbocycles. The van der Waals surface area contributed by atoms with Crippen molar-refractivity contribution in [3.05, 3.63) is 29.6 Å². The van der Waals surface area contributed by atoms with E-state index < -0.39 is 17.5 Å². The van der Waals surface area contributed by atoms with Crippen molar-refractivity contribution in [1.82, 2.24) is 5.32 Å². The minimum atomic E-state index is -0.522. The van der Waals surface area contributed by atoms with Crippen molar-refractivity contribution in [3.8, 4) is 6.07 Å². The Morgan fingerprint density at radius 2 is 2.17 bits per heavy atom. The van der Waals surface area contributed by atoms with E-state index >= 15 is 0 Å². The Kier molecular flexibility index (Phi) is 5.33. The molecule has 0 saturated carbocycles. The Bertz CT molecular complexity index is 649. The number of amides is 1. The minimum absolute atomic E-state index is 0.0251. The number of alkyl carbamates (subject to hydrolysis) is 1. The van der Waals surface area contributed by atoms with Crippen LogP contribution in [-0.2, 0) is 4.74 Å². The van der Waals surface area contributed by atoms with Gasteiger partial charge in [-0.1, -0.05) is 0 Å². The average molecular weight is 333 g/mol. The molecule has 0 radical (unpaired) electrons. The highest BCUT2D eigenvalue weighted by atomic mass is 19.1. The minimum Gasteiger partial charge on any atom is -0.444 e. The molecule has 0 bridgehead atoms. The first kappa shape index (κ1) is 18.1. The summed E-state index contributed by atoms with van der Waals surface area (Å²) in [5.74, 6) is -0.413. The monoisotopic (exact) mass is 333 g/mol. The molecule has 1 saturated heterocycles. The maximum absolute atomic E-state index is 13.3. The Morgan fingerprint density at radius 1 is 1.46 bits per heavy atom. The van der Waals surface area contributed by atoms with Crippen LogP contribution in [0.4, 0.5) is 14.9 Å². The summed E-state index contributed by atoms with van der Waals surface area (Å²) in [7, 11) is 0. The zero-order chi connectivity index (χ0) is 17.9. The van der Waals surface area contributed by atoms with Crippen molar-refractivity contribution >= 4 is 11.8 Å². The molecule has 1 heterocycles. The number of benzene rings is 1. The molecule has 1 aliphatic rings. The average Bonchev–Trinajstić information content (AvgIpc) is 2.45. The van der Waals surface area contributed by atoms with Crippen LogP contribution in [0, 0.1) is 17.1 Å². The molecule has 1 aliphatic heterocycles. The first-order valence-electron chi connectivity index (χ1n) is 8.15. The summed E-state index contributed by atoms with van der Waals surface area (Å²) < 4.78 is 18.6. The van der Waals surface area contributed by atoms with Crippen molar-refractivity contribution in [3.63, 3.8) is 0 Å². The van der Waals surface area contributed by atoms with Crippen molar-refractivity contribution in [2.24, 2.45) is 0 Å². The summed E-state index contributed by atoms with van der Waals surface area (Å²) in [5.41, 5.74) is 0.550. The number of carbonyl (C=O) groups excluding carboxylic acids is 1. The molecule has 130 valence electrons. The fourth-order valence-electron chi connectivity index (χ4n) is 2.98. The van der Waals surface area contributed by atoms with Crippen molar-refractivity contribution in [1.29, 1.82) is 5.26 Å². The van der Waals surface area contributed by atoms with E-state index in [-0.39, 0.29) is 12.1 Å². The zero-order valence-corrected chi connectivity index (χ0v) is 14.6. The number of hydrogen-bond acceptors (Lipinski definition) is 4. The quantitative estimate of drug-likeness (QED) is 0.898. The standard InChI is InChI=1S/C18H24FN3O2/c1-12-9-15(21-17(23)24-18(2,3)4)7-8-22(12)16-6-5-14(19)10-13(16)11-20/h5-6,10,12,15H,7-9H2,1-4H3,(H,21,23). The second-order valence-corrected chi connectivity index (χ2v) is 7.18. The fraction of sp³-hybridized carbons (Fsp3) is 0.556. The molecule has 2 rings (SSSR count). The molecule has 1 amide bonds. The van der Waals surface area contributed by atoms with Crippen LogP contribution < -0.4 is 10.2 Å². The van der Waals surface area contributed by atoms with Gasteiger partial charge in [0.25, 0.3) is 0 Å². The molecule has 1 aromatic rings. The van der Waals surface area contributed by atoms with Crippen LogP contribution in [0.1, 0.15) is 46.1 Å². The maximum atomic E-state index is 13.3. The van der Waals surface area contributed by atoms with Gasteiger partial charge in [-0.15, -0.1) is 0 Å². The number of nitrogens with one attached hydrogen (secondary N) is 1. The maximum Gasteiger partial charge on any atom is 0.407 e. The molecule has 2 unspecified atom stereocenters. The van der Waals surface area contributed by atoms with E-state index in [4.69, 9.17) is 4.74 Å². The lowest BCUT2D eigenvalue weighted by molar-refractivity contribution is 0.0494. The summed E-state index contributed by atoms with van der Waals surface area (Å²) in [6.45, 7) is 8.21. The van der Waals surface area contributed by atoms with Gasteiger partial charge >= 0.3 is 6.09 Å². The molecule has 0 spiro atoms. The number of anilines is 1. The number of nitrogens with zero attached hydrogens (tertiary/aromatic N) is 2. The number of rotatable bonds is 2. The molecule has 5 nitrogen and oxygen atoms in total. The van der Waals surface area contributed by atoms with E-state index in [0.29, 0.717) is 12.1 Å². The number of nitriles is 1. The highest BCUT2D eigenvalue weighted by Gasteiger charge is 2.29. The van der Waals surface area contributed by atoms with E-state index in [1.165, 1.54) is 12.1 Å². The molecule has 1 N–H and O–H groups in total. The lowest BCUT2D eigenvalue weighted by atomic mass is 9.96. The van der Waals surface area contributed by atoms with Crippen LogP contribution in [0.15, 0.2) is 18.2 Å². The van der Waals surface area contributed by atoms with Gasteiger partial charge in [-0.3, -0.25) is 0 Å². The van der Waals surface area contributed by atoms with Crippen LogP contribution >= 0.6 is 0 Å². The van der Waals surface area contributed by atoms with Gasteiger partial charge in [0.2, 0.25) is 0 Å². The van der Waals surface area contributed by atoms with Crippen LogP contribution in [0.5, 0.6) is 0 Å². The molecule has 24 heavy (non-hydrogen) atoms. The number of hydrogen-bond donors (Lipinski definition) is 1.